The van der Waals surface area contributed by atoms with Gasteiger partial charge >= 0.3 is 12.4 Å². The molecule has 1 N–H and O–H groups in total. The highest BCUT2D eigenvalue weighted by Crippen LogP contribution is 2.50. The maximum atomic E-state index is 13.8. The third-order valence-electron chi connectivity index (χ3n) is 3.42. The van der Waals surface area contributed by atoms with E-state index >= 15 is 0 Å². The Balaban J connectivity index is 3.62. The highest BCUT2D eigenvalue weighted by molar-refractivity contribution is 5.34. The van der Waals surface area contributed by atoms with Crippen molar-refractivity contribution in [3.8, 4) is 0 Å². The Bertz CT molecular complexity index is 509. The van der Waals surface area contributed by atoms with Gasteiger partial charge in [0.15, 0.2) is 0 Å². The third-order valence-corrected chi connectivity index (χ3v) is 3.42. The summed E-state index contributed by atoms with van der Waals surface area (Å²) in [6.45, 7) is 2.90. The Morgan fingerprint density at radius 1 is 0.955 bits per heavy atom. The highest BCUT2D eigenvalue weighted by Gasteiger charge is 2.71. The van der Waals surface area contributed by atoms with Crippen molar-refractivity contribution >= 4 is 0 Å². The van der Waals surface area contributed by atoms with Gasteiger partial charge in [-0.05, 0) is 24.5 Å². The van der Waals surface area contributed by atoms with Gasteiger partial charge in [0.05, 0.1) is 0 Å². The second-order valence-electron chi connectivity index (χ2n) is 4.87. The first-order chi connectivity index (χ1) is 9.77. The lowest BCUT2D eigenvalue weighted by Crippen LogP contribution is -2.54. The molecule has 0 aliphatic carbocycles. The fraction of sp³-hybridized carbons (Fsp3) is 0.538. The molecule has 9 heteroatoms. The quantitative estimate of drug-likeness (QED) is 0.787. The molecule has 1 aromatic carbocycles. The Labute approximate surface area is 120 Å². The maximum Gasteiger partial charge on any atom is 0.430 e. The molecule has 0 saturated heterocycles. The van der Waals surface area contributed by atoms with Crippen LogP contribution in [-0.4, -0.2) is 17.5 Å². The van der Waals surface area contributed by atoms with Crippen LogP contribution in [0.15, 0.2) is 12.1 Å². The zero-order valence-electron chi connectivity index (χ0n) is 11.4. The van der Waals surface area contributed by atoms with Crippen LogP contribution in [0.5, 0.6) is 0 Å². The number of hydrogen-bond donors (Lipinski definition) is 1. The first-order valence-electron chi connectivity index (χ1n) is 6.12. The Kier molecular flexibility index (Phi) is 4.82. The van der Waals surface area contributed by atoms with Crippen LogP contribution < -0.4 is 0 Å². The summed E-state index contributed by atoms with van der Waals surface area (Å²) in [6, 6.07) is -0.267. The molecule has 0 aromatic heterocycles. The van der Waals surface area contributed by atoms with E-state index in [0.29, 0.717) is 0 Å². The van der Waals surface area contributed by atoms with Crippen LogP contribution in [-0.2, 0) is 5.60 Å². The van der Waals surface area contributed by atoms with Crippen LogP contribution in [0.2, 0.25) is 0 Å². The zero-order valence-corrected chi connectivity index (χ0v) is 11.4. The van der Waals surface area contributed by atoms with E-state index in [4.69, 9.17) is 5.11 Å². The van der Waals surface area contributed by atoms with Crippen molar-refractivity contribution in [1.82, 2.24) is 0 Å². The lowest BCUT2D eigenvalue weighted by Gasteiger charge is -2.33. The van der Waals surface area contributed by atoms with Crippen molar-refractivity contribution in [3.63, 3.8) is 0 Å². The van der Waals surface area contributed by atoms with Crippen LogP contribution >= 0.6 is 0 Å². The zero-order chi connectivity index (χ0) is 17.5. The lowest BCUT2D eigenvalue weighted by molar-refractivity contribution is -0.376. The molecule has 0 amide bonds. The van der Waals surface area contributed by atoms with Crippen molar-refractivity contribution in [2.75, 3.05) is 0 Å². The fourth-order valence-corrected chi connectivity index (χ4v) is 1.96. The maximum absolute atomic E-state index is 13.8. The van der Waals surface area contributed by atoms with Crippen molar-refractivity contribution in [1.29, 1.82) is 0 Å². The average Bonchev–Trinajstić information content (AvgIpc) is 2.33. The Hall–Kier alpha value is -1.38. The SMILES string of the molecule is CCC(C)c1c(F)cc(C(O)(C(F)(F)F)C(F)(F)F)cc1F. The van der Waals surface area contributed by atoms with Crippen LogP contribution in [0, 0.1) is 11.6 Å². The molecule has 0 aliphatic rings. The Morgan fingerprint density at radius 2 is 1.32 bits per heavy atom. The van der Waals surface area contributed by atoms with E-state index in [2.05, 4.69) is 0 Å². The minimum atomic E-state index is -6.19. The normalized spacial score (nSPS) is 15.0. The summed E-state index contributed by atoms with van der Waals surface area (Å²) in [5.41, 5.74) is -7.93. The van der Waals surface area contributed by atoms with Gasteiger partial charge < -0.3 is 5.11 Å². The van der Waals surface area contributed by atoms with Gasteiger partial charge in [0.25, 0.3) is 5.60 Å². The summed E-state index contributed by atoms with van der Waals surface area (Å²) < 4.78 is 103. The van der Waals surface area contributed by atoms with Gasteiger partial charge in [0, 0.05) is 11.1 Å². The first kappa shape index (κ1) is 18.7. The van der Waals surface area contributed by atoms with E-state index in [0.717, 1.165) is 0 Å². The number of aliphatic hydroxyl groups is 1. The second-order valence-corrected chi connectivity index (χ2v) is 4.87. The highest BCUT2D eigenvalue weighted by atomic mass is 19.4. The van der Waals surface area contributed by atoms with Gasteiger partial charge in [-0.25, -0.2) is 8.78 Å². The van der Waals surface area contributed by atoms with Gasteiger partial charge in [-0.2, -0.15) is 26.3 Å². The molecular formula is C13H12F8O. The summed E-state index contributed by atoms with van der Waals surface area (Å²) in [5, 5.41) is 9.11. The third kappa shape index (κ3) is 2.90. The van der Waals surface area contributed by atoms with Gasteiger partial charge in [0.2, 0.25) is 0 Å². The van der Waals surface area contributed by atoms with Crippen LogP contribution in [0.25, 0.3) is 0 Å². The standard InChI is InChI=1S/C13H12F8O/c1-3-6(2)10-8(14)4-7(5-9(10)15)11(22,12(16,17)18)13(19,20)21/h4-6,22H,3H2,1-2H3. The number of halogens is 8. The molecule has 1 nitrogen and oxygen atoms in total. The summed E-state index contributed by atoms with van der Waals surface area (Å²) in [5.74, 6) is -3.90. The molecule has 0 heterocycles. The van der Waals surface area contributed by atoms with E-state index in [-0.39, 0.29) is 18.6 Å². The van der Waals surface area contributed by atoms with E-state index in [9.17, 15) is 35.1 Å². The number of hydrogen-bond acceptors (Lipinski definition) is 1. The van der Waals surface area contributed by atoms with Gasteiger partial charge in [-0.1, -0.05) is 13.8 Å². The summed E-state index contributed by atoms with van der Waals surface area (Å²) in [7, 11) is 0. The number of benzene rings is 1. The van der Waals surface area contributed by atoms with Crippen molar-refractivity contribution in [2.45, 2.75) is 44.1 Å². The topological polar surface area (TPSA) is 20.2 Å². The van der Waals surface area contributed by atoms with Crippen molar-refractivity contribution in [3.05, 3.63) is 34.9 Å². The molecule has 1 aromatic rings. The van der Waals surface area contributed by atoms with Crippen molar-refractivity contribution < 1.29 is 40.2 Å². The minimum Gasteiger partial charge on any atom is -0.369 e. The predicted molar refractivity (Wildman–Crippen MR) is 61.1 cm³/mol. The molecule has 0 saturated carbocycles. The summed E-state index contributed by atoms with van der Waals surface area (Å²) in [4.78, 5) is 0. The molecule has 1 unspecified atom stereocenters. The molecule has 0 radical (unpaired) electrons. The van der Waals surface area contributed by atoms with Crippen LogP contribution in [0.3, 0.4) is 0 Å². The Morgan fingerprint density at radius 3 is 1.59 bits per heavy atom. The molecule has 0 aliphatic heterocycles. The van der Waals surface area contributed by atoms with Gasteiger partial charge in [-0.15, -0.1) is 0 Å². The monoisotopic (exact) mass is 336 g/mol. The van der Waals surface area contributed by atoms with E-state index < -0.39 is 46.6 Å². The van der Waals surface area contributed by atoms with E-state index in [1.807, 2.05) is 0 Å². The molecule has 22 heavy (non-hydrogen) atoms. The average molecular weight is 336 g/mol. The molecule has 1 rings (SSSR count). The number of rotatable bonds is 3. The molecular weight excluding hydrogens is 324 g/mol. The van der Waals surface area contributed by atoms with E-state index in [1.54, 1.807) is 6.92 Å². The van der Waals surface area contributed by atoms with Gasteiger partial charge in [0.1, 0.15) is 11.6 Å². The van der Waals surface area contributed by atoms with Gasteiger partial charge in [-0.3, -0.25) is 0 Å². The lowest BCUT2D eigenvalue weighted by atomic mass is 9.88. The summed E-state index contributed by atoms with van der Waals surface area (Å²) >= 11 is 0. The smallest absolute Gasteiger partial charge is 0.369 e. The fourth-order valence-electron chi connectivity index (χ4n) is 1.96. The predicted octanol–water partition coefficient (Wildman–Crippen LogP) is 4.79. The molecule has 0 spiro atoms. The molecule has 0 fully saturated rings. The molecule has 1 atom stereocenters. The largest absolute Gasteiger partial charge is 0.430 e. The summed E-state index contributed by atoms with van der Waals surface area (Å²) in [6.07, 6.45) is -12.2. The molecule has 126 valence electrons. The van der Waals surface area contributed by atoms with E-state index in [1.165, 1.54) is 6.92 Å². The van der Waals surface area contributed by atoms with Crippen LogP contribution in [0.4, 0.5) is 35.1 Å². The second kappa shape index (κ2) is 5.68. The number of alkyl halides is 6. The van der Waals surface area contributed by atoms with Crippen LogP contribution in [0.1, 0.15) is 37.3 Å². The molecule has 0 bridgehead atoms. The minimum absolute atomic E-state index is 0.133. The van der Waals surface area contributed by atoms with Crippen molar-refractivity contribution in [2.24, 2.45) is 0 Å². The first-order valence-corrected chi connectivity index (χ1v) is 6.12.